The lowest BCUT2D eigenvalue weighted by Crippen LogP contribution is -2.45. The Hall–Kier alpha value is -1.14. The first-order valence-corrected chi connectivity index (χ1v) is 5.37. The molecule has 1 aliphatic rings. The van der Waals surface area contributed by atoms with Crippen molar-refractivity contribution in [3.05, 3.63) is 0 Å². The average Bonchev–Trinajstić information content (AvgIpc) is 2.27. The summed E-state index contributed by atoms with van der Waals surface area (Å²) in [5.41, 5.74) is 0. The minimum Gasteiger partial charge on any atom is -0.378 e. The number of nitrogens with zero attached hydrogens (tertiary/aromatic N) is 1. The Bertz CT molecular complexity index is 250. The van der Waals surface area contributed by atoms with Gasteiger partial charge in [0.1, 0.15) is 0 Å². The quantitative estimate of drug-likeness (QED) is 0.620. The van der Waals surface area contributed by atoms with E-state index in [1.807, 2.05) is 0 Å². The highest BCUT2D eigenvalue weighted by Crippen LogP contribution is 1.97. The van der Waals surface area contributed by atoms with Crippen LogP contribution in [0.15, 0.2) is 0 Å². The standard InChI is InChI=1S/C10H19N3O3/c1-13(2)10(15)6-12-9(14)5-8-7-16-4-3-11-8/h8,11H,3-7H2,1-2H3,(H,12,14). The van der Waals surface area contributed by atoms with E-state index in [1.165, 1.54) is 4.90 Å². The molecular weight excluding hydrogens is 210 g/mol. The summed E-state index contributed by atoms with van der Waals surface area (Å²) in [6, 6.07) is 0.0585. The zero-order chi connectivity index (χ0) is 12.0. The fourth-order valence-electron chi connectivity index (χ4n) is 1.38. The first kappa shape index (κ1) is 12.9. The van der Waals surface area contributed by atoms with Gasteiger partial charge < -0.3 is 20.3 Å². The lowest BCUT2D eigenvalue weighted by molar-refractivity contribution is -0.131. The summed E-state index contributed by atoms with van der Waals surface area (Å²) in [4.78, 5) is 24.1. The van der Waals surface area contributed by atoms with Crippen LogP contribution in [-0.2, 0) is 14.3 Å². The van der Waals surface area contributed by atoms with E-state index in [0.717, 1.165) is 6.54 Å². The van der Waals surface area contributed by atoms with Crippen molar-refractivity contribution in [1.82, 2.24) is 15.5 Å². The lowest BCUT2D eigenvalue weighted by Gasteiger charge is -2.23. The van der Waals surface area contributed by atoms with Crippen LogP contribution in [0.3, 0.4) is 0 Å². The number of amides is 2. The van der Waals surface area contributed by atoms with E-state index in [0.29, 0.717) is 19.6 Å². The molecule has 6 nitrogen and oxygen atoms in total. The van der Waals surface area contributed by atoms with Crippen molar-refractivity contribution < 1.29 is 14.3 Å². The Morgan fingerprint density at radius 3 is 2.81 bits per heavy atom. The maximum Gasteiger partial charge on any atom is 0.241 e. The van der Waals surface area contributed by atoms with Crippen molar-refractivity contribution in [2.45, 2.75) is 12.5 Å². The van der Waals surface area contributed by atoms with Crippen LogP contribution in [0.25, 0.3) is 0 Å². The maximum absolute atomic E-state index is 11.5. The molecule has 6 heteroatoms. The van der Waals surface area contributed by atoms with Crippen LogP contribution in [0.4, 0.5) is 0 Å². The number of hydrogen-bond acceptors (Lipinski definition) is 4. The molecule has 92 valence electrons. The minimum atomic E-state index is -0.127. The van der Waals surface area contributed by atoms with Crippen molar-refractivity contribution >= 4 is 11.8 Å². The van der Waals surface area contributed by atoms with Crippen molar-refractivity contribution in [1.29, 1.82) is 0 Å². The summed E-state index contributed by atoms with van der Waals surface area (Å²) in [7, 11) is 3.32. The van der Waals surface area contributed by atoms with Crippen LogP contribution in [-0.4, -0.2) is 63.2 Å². The summed E-state index contributed by atoms with van der Waals surface area (Å²) in [6.45, 7) is 2.07. The molecule has 2 N–H and O–H groups in total. The SMILES string of the molecule is CN(C)C(=O)CNC(=O)CC1COCCN1. The Kier molecular flexibility index (Phi) is 5.21. The highest BCUT2D eigenvalue weighted by molar-refractivity contribution is 5.84. The first-order chi connectivity index (χ1) is 7.59. The fraction of sp³-hybridized carbons (Fsp3) is 0.800. The molecule has 1 atom stereocenters. The van der Waals surface area contributed by atoms with Gasteiger partial charge in [0.2, 0.25) is 11.8 Å². The number of rotatable bonds is 4. The molecule has 0 bridgehead atoms. The molecule has 16 heavy (non-hydrogen) atoms. The van der Waals surface area contributed by atoms with Gasteiger partial charge in [0.25, 0.3) is 0 Å². The van der Waals surface area contributed by atoms with E-state index in [4.69, 9.17) is 4.74 Å². The molecule has 0 aromatic carbocycles. The van der Waals surface area contributed by atoms with Gasteiger partial charge in [0.05, 0.1) is 19.8 Å². The van der Waals surface area contributed by atoms with Crippen LogP contribution in [0.2, 0.25) is 0 Å². The van der Waals surface area contributed by atoms with Gasteiger partial charge in [-0.15, -0.1) is 0 Å². The van der Waals surface area contributed by atoms with E-state index in [9.17, 15) is 9.59 Å². The van der Waals surface area contributed by atoms with Crippen LogP contribution < -0.4 is 10.6 Å². The van der Waals surface area contributed by atoms with Gasteiger partial charge in [-0.3, -0.25) is 9.59 Å². The van der Waals surface area contributed by atoms with Crippen molar-refractivity contribution in [3.8, 4) is 0 Å². The van der Waals surface area contributed by atoms with E-state index >= 15 is 0 Å². The Labute approximate surface area is 95.3 Å². The molecule has 1 saturated heterocycles. The van der Waals surface area contributed by atoms with Crippen LogP contribution in [0, 0.1) is 0 Å². The summed E-state index contributed by atoms with van der Waals surface area (Å²) < 4.78 is 5.23. The Morgan fingerprint density at radius 1 is 1.50 bits per heavy atom. The molecule has 2 amide bonds. The predicted molar refractivity (Wildman–Crippen MR) is 58.9 cm³/mol. The number of hydrogen-bond donors (Lipinski definition) is 2. The third-order valence-electron chi connectivity index (χ3n) is 2.37. The maximum atomic E-state index is 11.5. The van der Waals surface area contributed by atoms with Crippen LogP contribution in [0.5, 0.6) is 0 Å². The van der Waals surface area contributed by atoms with Crippen molar-refractivity contribution in [3.63, 3.8) is 0 Å². The number of nitrogens with one attached hydrogen (secondary N) is 2. The second kappa shape index (κ2) is 6.44. The third kappa shape index (κ3) is 4.59. The minimum absolute atomic E-state index is 0.0550. The lowest BCUT2D eigenvalue weighted by atomic mass is 10.2. The van der Waals surface area contributed by atoms with Crippen LogP contribution in [0.1, 0.15) is 6.42 Å². The highest BCUT2D eigenvalue weighted by Gasteiger charge is 2.17. The zero-order valence-corrected chi connectivity index (χ0v) is 9.78. The molecule has 0 aliphatic carbocycles. The highest BCUT2D eigenvalue weighted by atomic mass is 16.5. The summed E-state index contributed by atoms with van der Waals surface area (Å²) in [5, 5.41) is 5.76. The molecule has 0 spiro atoms. The number of morpholine rings is 1. The van der Waals surface area contributed by atoms with Gasteiger partial charge in [-0.05, 0) is 0 Å². The van der Waals surface area contributed by atoms with E-state index in [1.54, 1.807) is 14.1 Å². The third-order valence-corrected chi connectivity index (χ3v) is 2.37. The van der Waals surface area contributed by atoms with Gasteiger partial charge in [-0.2, -0.15) is 0 Å². The number of carbonyl (C=O) groups is 2. The molecule has 1 fully saturated rings. The van der Waals surface area contributed by atoms with E-state index < -0.39 is 0 Å². The van der Waals surface area contributed by atoms with Gasteiger partial charge >= 0.3 is 0 Å². The average molecular weight is 229 g/mol. The van der Waals surface area contributed by atoms with Crippen molar-refractivity contribution in [2.75, 3.05) is 40.4 Å². The van der Waals surface area contributed by atoms with Crippen LogP contribution >= 0.6 is 0 Å². The van der Waals surface area contributed by atoms with Gasteiger partial charge in [0, 0.05) is 33.1 Å². The van der Waals surface area contributed by atoms with Gasteiger partial charge in [-0.1, -0.05) is 0 Å². The molecule has 0 aromatic heterocycles. The summed E-state index contributed by atoms with van der Waals surface area (Å²) >= 11 is 0. The number of carbonyl (C=O) groups excluding carboxylic acids is 2. The molecule has 0 radical (unpaired) electrons. The molecule has 1 aliphatic heterocycles. The normalized spacial score (nSPS) is 20.2. The Balaban J connectivity index is 2.17. The van der Waals surface area contributed by atoms with Crippen molar-refractivity contribution in [2.24, 2.45) is 0 Å². The zero-order valence-electron chi connectivity index (χ0n) is 9.78. The van der Waals surface area contributed by atoms with Gasteiger partial charge in [0.15, 0.2) is 0 Å². The Morgan fingerprint density at radius 2 is 2.25 bits per heavy atom. The fourth-order valence-corrected chi connectivity index (χ4v) is 1.38. The summed E-state index contributed by atoms with van der Waals surface area (Å²) in [6.07, 6.45) is 0.348. The smallest absolute Gasteiger partial charge is 0.241 e. The molecule has 0 aromatic rings. The second-order valence-corrected chi connectivity index (χ2v) is 3.99. The first-order valence-electron chi connectivity index (χ1n) is 5.37. The molecule has 1 heterocycles. The number of likely N-dealkylation sites (N-methyl/N-ethyl adjacent to an activating group) is 1. The predicted octanol–water partition coefficient (Wildman–Crippen LogP) is -1.43. The summed E-state index contributed by atoms with van der Waals surface area (Å²) in [5.74, 6) is -0.237. The second-order valence-electron chi connectivity index (χ2n) is 3.99. The monoisotopic (exact) mass is 229 g/mol. The topological polar surface area (TPSA) is 70.7 Å². The van der Waals surface area contributed by atoms with Gasteiger partial charge in [-0.25, -0.2) is 0 Å². The molecule has 0 saturated carbocycles. The largest absolute Gasteiger partial charge is 0.378 e. The molecule has 1 rings (SSSR count). The van der Waals surface area contributed by atoms with E-state index in [-0.39, 0.29) is 24.4 Å². The van der Waals surface area contributed by atoms with E-state index in [2.05, 4.69) is 10.6 Å². The molecule has 1 unspecified atom stereocenters. The molecular formula is C10H19N3O3. The number of ether oxygens (including phenoxy) is 1.